The number of hydrogen-bond donors (Lipinski definition) is 2. The molecule has 2 rings (SSSR count). The van der Waals surface area contributed by atoms with Gasteiger partial charge in [0.1, 0.15) is 0 Å². The molecule has 1 aliphatic heterocycles. The molecule has 0 amide bonds. The molecule has 0 radical (unpaired) electrons. The predicted octanol–water partition coefficient (Wildman–Crippen LogP) is 5.64. The van der Waals surface area contributed by atoms with Crippen LogP contribution in [0.1, 0.15) is 104 Å². The molecule has 0 bridgehead atoms. The average Bonchev–Trinajstić information content (AvgIpc) is 2.69. The molecule has 2 N–H and O–H groups in total. The molecule has 2 fully saturated rings. The molecule has 3 heteroatoms. The smallest absolute Gasteiger partial charge is 0.0600 e. The minimum Gasteiger partial charge on any atom is -0.378 e. The van der Waals surface area contributed by atoms with Crippen LogP contribution in [-0.4, -0.2) is 32.0 Å². The lowest BCUT2D eigenvalue weighted by molar-refractivity contribution is 0.00850. The quantitative estimate of drug-likeness (QED) is 0.414. The largest absolute Gasteiger partial charge is 0.378 e. The summed E-state index contributed by atoms with van der Waals surface area (Å²) in [5.74, 6) is 1.65. The molecule has 0 aromatic carbocycles. The summed E-state index contributed by atoms with van der Waals surface area (Å²) >= 11 is 0. The van der Waals surface area contributed by atoms with Crippen molar-refractivity contribution in [1.82, 2.24) is 10.6 Å². The van der Waals surface area contributed by atoms with E-state index in [2.05, 4.69) is 24.5 Å². The summed E-state index contributed by atoms with van der Waals surface area (Å²) < 4.78 is 6.11. The Morgan fingerprint density at radius 1 is 0.731 bits per heavy atom. The molecule has 2 aliphatic rings. The van der Waals surface area contributed by atoms with Crippen LogP contribution in [0.2, 0.25) is 0 Å². The summed E-state index contributed by atoms with van der Waals surface area (Å²) in [7, 11) is 0. The van der Waals surface area contributed by atoms with Crippen molar-refractivity contribution < 1.29 is 4.74 Å². The Labute approximate surface area is 163 Å². The van der Waals surface area contributed by atoms with E-state index in [1.807, 2.05) is 0 Å². The Morgan fingerprint density at radius 2 is 1.35 bits per heavy atom. The average molecular weight is 367 g/mol. The molecule has 1 saturated heterocycles. The first-order valence-electron chi connectivity index (χ1n) is 11.9. The Morgan fingerprint density at radius 3 is 2.00 bits per heavy atom. The van der Waals surface area contributed by atoms with Gasteiger partial charge in [-0.2, -0.15) is 0 Å². The third-order valence-corrected chi connectivity index (χ3v) is 6.51. The fourth-order valence-corrected chi connectivity index (χ4v) is 4.67. The molecule has 0 aromatic rings. The summed E-state index contributed by atoms with van der Waals surface area (Å²) in [6.07, 6.45) is 19.9. The third kappa shape index (κ3) is 8.71. The van der Waals surface area contributed by atoms with Crippen LogP contribution in [-0.2, 0) is 4.74 Å². The molecule has 0 aromatic heterocycles. The molecular weight excluding hydrogens is 320 g/mol. The second kappa shape index (κ2) is 14.0. The molecule has 154 valence electrons. The zero-order valence-corrected chi connectivity index (χ0v) is 17.7. The summed E-state index contributed by atoms with van der Waals surface area (Å²) in [6.45, 7) is 7.99. The number of nitrogens with one attached hydrogen (secondary N) is 2. The van der Waals surface area contributed by atoms with Crippen LogP contribution in [0.15, 0.2) is 0 Å². The van der Waals surface area contributed by atoms with Gasteiger partial charge in [-0.15, -0.1) is 0 Å². The minimum atomic E-state index is 0.535. The minimum absolute atomic E-state index is 0.535. The monoisotopic (exact) mass is 366 g/mol. The molecule has 1 heterocycles. The maximum absolute atomic E-state index is 6.11. The van der Waals surface area contributed by atoms with Gasteiger partial charge in [0.2, 0.25) is 0 Å². The van der Waals surface area contributed by atoms with Crippen LogP contribution >= 0.6 is 0 Å². The van der Waals surface area contributed by atoms with Gasteiger partial charge < -0.3 is 15.4 Å². The van der Waals surface area contributed by atoms with E-state index in [1.165, 1.54) is 103 Å². The van der Waals surface area contributed by atoms with Crippen molar-refractivity contribution in [3.8, 4) is 0 Å². The Kier molecular flexibility index (Phi) is 11.9. The number of ether oxygens (including phenoxy) is 1. The number of rotatable bonds is 13. The van der Waals surface area contributed by atoms with Crippen molar-refractivity contribution in [1.29, 1.82) is 0 Å². The van der Waals surface area contributed by atoms with Gasteiger partial charge in [0, 0.05) is 19.7 Å². The molecule has 0 spiro atoms. The van der Waals surface area contributed by atoms with E-state index in [1.54, 1.807) is 0 Å². The van der Waals surface area contributed by atoms with E-state index in [9.17, 15) is 0 Å². The first-order chi connectivity index (χ1) is 12.8. The first-order valence-corrected chi connectivity index (χ1v) is 11.9. The van der Waals surface area contributed by atoms with Crippen LogP contribution in [0.3, 0.4) is 0 Å². The summed E-state index contributed by atoms with van der Waals surface area (Å²) in [6, 6.07) is 0. The van der Waals surface area contributed by atoms with Gasteiger partial charge in [0.15, 0.2) is 0 Å². The summed E-state index contributed by atoms with van der Waals surface area (Å²) in [5, 5.41) is 7.64. The Bertz CT molecular complexity index is 288. The Hall–Kier alpha value is -0.120. The lowest BCUT2D eigenvalue weighted by atomic mass is 9.84. The maximum Gasteiger partial charge on any atom is 0.0600 e. The SMILES string of the molecule is CCCCCCCC1CNC(C2CCC(OCCCCCC)CC2)NC1. The zero-order chi connectivity index (χ0) is 18.5. The van der Waals surface area contributed by atoms with Crippen molar-refractivity contribution in [3.63, 3.8) is 0 Å². The van der Waals surface area contributed by atoms with Crippen LogP contribution in [0.25, 0.3) is 0 Å². The highest BCUT2D eigenvalue weighted by Crippen LogP contribution is 2.29. The highest BCUT2D eigenvalue weighted by atomic mass is 16.5. The highest BCUT2D eigenvalue weighted by molar-refractivity contribution is 4.85. The van der Waals surface area contributed by atoms with Crippen molar-refractivity contribution in [3.05, 3.63) is 0 Å². The third-order valence-electron chi connectivity index (χ3n) is 6.51. The Balaban J connectivity index is 1.50. The van der Waals surface area contributed by atoms with Gasteiger partial charge in [0.05, 0.1) is 12.3 Å². The van der Waals surface area contributed by atoms with E-state index >= 15 is 0 Å². The summed E-state index contributed by atoms with van der Waals surface area (Å²) in [5.41, 5.74) is 0. The van der Waals surface area contributed by atoms with Gasteiger partial charge in [-0.3, -0.25) is 0 Å². The topological polar surface area (TPSA) is 33.3 Å². The second-order valence-electron chi connectivity index (χ2n) is 8.83. The number of hydrogen-bond acceptors (Lipinski definition) is 3. The molecule has 26 heavy (non-hydrogen) atoms. The van der Waals surface area contributed by atoms with E-state index < -0.39 is 0 Å². The highest BCUT2D eigenvalue weighted by Gasteiger charge is 2.30. The lowest BCUT2D eigenvalue weighted by Crippen LogP contribution is -2.56. The number of unbranched alkanes of at least 4 members (excludes halogenated alkanes) is 7. The normalized spacial score (nSPS) is 29.8. The van der Waals surface area contributed by atoms with E-state index in [0.29, 0.717) is 12.3 Å². The van der Waals surface area contributed by atoms with Crippen LogP contribution < -0.4 is 10.6 Å². The molecular formula is C23H46N2O. The van der Waals surface area contributed by atoms with Crippen molar-refractivity contribution in [2.24, 2.45) is 11.8 Å². The van der Waals surface area contributed by atoms with Gasteiger partial charge in [0.25, 0.3) is 0 Å². The van der Waals surface area contributed by atoms with E-state index in [-0.39, 0.29) is 0 Å². The fourth-order valence-electron chi connectivity index (χ4n) is 4.67. The standard InChI is InChI=1S/C23H46N2O/c1-3-5-7-9-10-12-20-18-24-23(25-19-20)21-13-15-22(16-14-21)26-17-11-8-6-4-2/h20-25H,3-19H2,1-2H3. The van der Waals surface area contributed by atoms with Gasteiger partial charge in [-0.1, -0.05) is 65.2 Å². The van der Waals surface area contributed by atoms with Crippen molar-refractivity contribution in [2.45, 2.75) is 116 Å². The van der Waals surface area contributed by atoms with Crippen LogP contribution in [0, 0.1) is 11.8 Å². The first kappa shape index (κ1) is 22.2. The second-order valence-corrected chi connectivity index (χ2v) is 8.83. The van der Waals surface area contributed by atoms with Gasteiger partial charge >= 0.3 is 0 Å². The van der Waals surface area contributed by atoms with Crippen LogP contribution in [0.5, 0.6) is 0 Å². The maximum atomic E-state index is 6.11. The van der Waals surface area contributed by atoms with Crippen LogP contribution in [0.4, 0.5) is 0 Å². The van der Waals surface area contributed by atoms with E-state index in [4.69, 9.17) is 4.74 Å². The molecule has 0 atom stereocenters. The molecule has 1 aliphatic carbocycles. The zero-order valence-electron chi connectivity index (χ0n) is 17.7. The van der Waals surface area contributed by atoms with Crippen molar-refractivity contribution >= 4 is 0 Å². The fraction of sp³-hybridized carbons (Fsp3) is 1.00. The van der Waals surface area contributed by atoms with Gasteiger partial charge in [-0.25, -0.2) is 0 Å². The lowest BCUT2D eigenvalue weighted by Gasteiger charge is -2.39. The molecule has 3 nitrogen and oxygen atoms in total. The predicted molar refractivity (Wildman–Crippen MR) is 112 cm³/mol. The molecule has 0 unspecified atom stereocenters. The van der Waals surface area contributed by atoms with Crippen molar-refractivity contribution in [2.75, 3.05) is 19.7 Å². The van der Waals surface area contributed by atoms with Gasteiger partial charge in [-0.05, 0) is 50.4 Å². The van der Waals surface area contributed by atoms with E-state index in [0.717, 1.165) is 18.4 Å². The molecule has 1 saturated carbocycles. The summed E-state index contributed by atoms with van der Waals surface area (Å²) in [4.78, 5) is 0.